The highest BCUT2D eigenvalue weighted by Crippen LogP contribution is 2.34. The van der Waals surface area contributed by atoms with Crippen molar-refractivity contribution in [3.63, 3.8) is 0 Å². The molecule has 0 aliphatic carbocycles. The molecule has 0 spiro atoms. The van der Waals surface area contributed by atoms with Gasteiger partial charge in [0.2, 0.25) is 0 Å². The maximum absolute atomic E-state index is 12.0. The Labute approximate surface area is 192 Å². The Bertz CT molecular complexity index is 1070. The number of hydrogen-bond acceptors (Lipinski definition) is 6. The summed E-state index contributed by atoms with van der Waals surface area (Å²) in [5.41, 5.74) is 7.56. The number of carbonyl (C=O) groups is 2. The number of hydrogen-bond donors (Lipinski definition) is 2. The molecule has 0 saturated heterocycles. The molecule has 0 aliphatic rings. The van der Waals surface area contributed by atoms with E-state index in [4.69, 9.17) is 15.2 Å². The van der Waals surface area contributed by atoms with Crippen LogP contribution in [0.4, 0.5) is 0 Å². The van der Waals surface area contributed by atoms with E-state index in [9.17, 15) is 14.7 Å². The minimum Gasteiger partial charge on any atom is -0.469 e. The predicted molar refractivity (Wildman–Crippen MR) is 123 cm³/mol. The molecule has 0 aromatic heterocycles. The van der Waals surface area contributed by atoms with E-state index in [-0.39, 0.29) is 24.6 Å². The lowest BCUT2D eigenvalue weighted by molar-refractivity contribution is -0.211. The van der Waals surface area contributed by atoms with Crippen LogP contribution in [-0.4, -0.2) is 30.7 Å². The van der Waals surface area contributed by atoms with E-state index < -0.39 is 11.7 Å². The van der Waals surface area contributed by atoms with Gasteiger partial charge in [-0.1, -0.05) is 48.5 Å². The van der Waals surface area contributed by atoms with Crippen LogP contribution in [0.15, 0.2) is 78.9 Å². The number of rotatable bonds is 11. The first-order valence-corrected chi connectivity index (χ1v) is 10.6. The van der Waals surface area contributed by atoms with E-state index in [2.05, 4.69) is 4.74 Å². The molecule has 172 valence electrons. The van der Waals surface area contributed by atoms with Crippen LogP contribution >= 0.6 is 0 Å². The molecular weight excluding hydrogens is 422 g/mol. The van der Waals surface area contributed by atoms with Gasteiger partial charge in [0.05, 0.1) is 13.7 Å². The first-order chi connectivity index (χ1) is 15.9. The second-order valence-corrected chi connectivity index (χ2v) is 7.38. The minimum atomic E-state index is -2.29. The topological polar surface area (TPSA) is 108 Å². The number of methoxy groups -OCH3 is 1. The third-order valence-corrected chi connectivity index (χ3v) is 5.09. The van der Waals surface area contributed by atoms with Gasteiger partial charge in [0, 0.05) is 17.5 Å². The number of para-hydroxylation sites is 1. The van der Waals surface area contributed by atoms with Crippen LogP contribution in [0.1, 0.15) is 24.8 Å². The number of amides is 1. The summed E-state index contributed by atoms with van der Waals surface area (Å²) >= 11 is 0. The monoisotopic (exact) mass is 449 g/mol. The first-order valence-electron chi connectivity index (χ1n) is 10.6. The fourth-order valence-electron chi connectivity index (χ4n) is 3.28. The number of nitrogens with two attached hydrogens (primary N) is 1. The maximum Gasteiger partial charge on any atom is 0.305 e. The minimum absolute atomic E-state index is 0.0408. The summed E-state index contributed by atoms with van der Waals surface area (Å²) in [6.45, 7) is 0.0408. The van der Waals surface area contributed by atoms with Gasteiger partial charge in [0.15, 0.2) is 0 Å². The van der Waals surface area contributed by atoms with E-state index in [1.165, 1.54) is 19.2 Å². The lowest BCUT2D eigenvalue weighted by Gasteiger charge is -2.25. The van der Waals surface area contributed by atoms with Crippen molar-refractivity contribution in [2.45, 2.75) is 25.0 Å². The van der Waals surface area contributed by atoms with E-state index in [0.29, 0.717) is 24.3 Å². The van der Waals surface area contributed by atoms with Crippen molar-refractivity contribution in [3.8, 4) is 22.6 Å². The highest BCUT2D eigenvalue weighted by atomic mass is 16.6. The van der Waals surface area contributed by atoms with Gasteiger partial charge < -0.3 is 25.1 Å². The summed E-state index contributed by atoms with van der Waals surface area (Å²) in [6, 6.07) is 23.9. The summed E-state index contributed by atoms with van der Waals surface area (Å²) < 4.78 is 16.0. The lowest BCUT2D eigenvalue weighted by Crippen LogP contribution is -2.43. The smallest absolute Gasteiger partial charge is 0.305 e. The van der Waals surface area contributed by atoms with Crippen molar-refractivity contribution in [2.75, 3.05) is 13.7 Å². The molecule has 1 amide bonds. The molecule has 1 atom stereocenters. The summed E-state index contributed by atoms with van der Waals surface area (Å²) in [6.07, 6.45) is 1.17. The van der Waals surface area contributed by atoms with Crippen molar-refractivity contribution < 1.29 is 28.9 Å². The predicted octanol–water partition coefficient (Wildman–Crippen LogP) is 4.14. The Morgan fingerprint density at radius 3 is 2.24 bits per heavy atom. The maximum atomic E-state index is 12.0. The highest BCUT2D eigenvalue weighted by Gasteiger charge is 2.37. The number of ether oxygens (including phenoxy) is 3. The molecule has 0 bridgehead atoms. The number of carbonyl (C=O) groups excluding carboxylic acids is 2. The zero-order valence-corrected chi connectivity index (χ0v) is 18.4. The van der Waals surface area contributed by atoms with Crippen molar-refractivity contribution in [2.24, 2.45) is 5.73 Å². The number of benzene rings is 3. The molecule has 33 heavy (non-hydrogen) atoms. The Morgan fingerprint density at radius 1 is 0.909 bits per heavy atom. The molecule has 0 aliphatic heterocycles. The Balaban J connectivity index is 1.70. The van der Waals surface area contributed by atoms with Crippen molar-refractivity contribution in [1.82, 2.24) is 0 Å². The second-order valence-electron chi connectivity index (χ2n) is 7.38. The van der Waals surface area contributed by atoms with Crippen molar-refractivity contribution >= 4 is 11.9 Å². The van der Waals surface area contributed by atoms with Crippen LogP contribution in [0.5, 0.6) is 11.5 Å². The molecule has 3 aromatic rings. The Hall–Kier alpha value is -3.68. The molecule has 0 heterocycles. The fourth-order valence-corrected chi connectivity index (χ4v) is 3.28. The SMILES string of the molecule is COC(=O)CCCCOC(O)(C(N)=O)c1ccc(Oc2ccccc2-c2ccccc2)cc1. The van der Waals surface area contributed by atoms with Crippen LogP contribution < -0.4 is 10.5 Å². The third-order valence-electron chi connectivity index (χ3n) is 5.09. The van der Waals surface area contributed by atoms with E-state index in [0.717, 1.165) is 11.1 Å². The number of esters is 1. The van der Waals surface area contributed by atoms with Gasteiger partial charge >= 0.3 is 5.97 Å². The number of aliphatic hydroxyl groups is 1. The normalized spacial score (nSPS) is 12.5. The molecule has 0 radical (unpaired) electrons. The molecule has 7 nitrogen and oxygen atoms in total. The van der Waals surface area contributed by atoms with Crippen LogP contribution in [0, 0.1) is 0 Å². The van der Waals surface area contributed by atoms with Gasteiger partial charge in [-0.05, 0) is 48.7 Å². The molecule has 0 fully saturated rings. The first kappa shape index (κ1) is 24.0. The van der Waals surface area contributed by atoms with Crippen LogP contribution in [-0.2, 0) is 24.8 Å². The molecule has 3 aromatic carbocycles. The van der Waals surface area contributed by atoms with Gasteiger partial charge in [0.25, 0.3) is 11.7 Å². The summed E-state index contributed by atoms with van der Waals surface area (Å²) in [5.74, 6) is -2.45. The van der Waals surface area contributed by atoms with Gasteiger partial charge in [-0.3, -0.25) is 9.59 Å². The van der Waals surface area contributed by atoms with Crippen molar-refractivity contribution in [3.05, 3.63) is 84.4 Å². The zero-order chi connectivity index (χ0) is 23.7. The molecule has 3 N–H and O–H groups in total. The zero-order valence-electron chi connectivity index (χ0n) is 18.4. The highest BCUT2D eigenvalue weighted by molar-refractivity contribution is 5.83. The van der Waals surface area contributed by atoms with Gasteiger partial charge in [0.1, 0.15) is 11.5 Å². The van der Waals surface area contributed by atoms with E-state index in [1.807, 2.05) is 54.6 Å². The largest absolute Gasteiger partial charge is 0.469 e. The van der Waals surface area contributed by atoms with Crippen molar-refractivity contribution in [1.29, 1.82) is 0 Å². The number of primary amides is 1. The van der Waals surface area contributed by atoms with Gasteiger partial charge in [-0.2, -0.15) is 0 Å². The standard InChI is InChI=1S/C26H27NO6/c1-31-24(28)13-7-8-18-32-26(30,25(27)29)20-14-16-21(17-15-20)33-23-12-6-5-11-22(23)19-9-3-2-4-10-19/h2-6,9-12,14-17,30H,7-8,13,18H2,1H3,(H2,27,29). The Kier molecular flexibility index (Phi) is 8.18. The fraction of sp³-hybridized carbons (Fsp3) is 0.231. The van der Waals surface area contributed by atoms with Crippen LogP contribution in [0.3, 0.4) is 0 Å². The quantitative estimate of drug-likeness (QED) is 0.259. The Morgan fingerprint density at radius 2 is 1.58 bits per heavy atom. The third kappa shape index (κ3) is 6.19. The second kappa shape index (κ2) is 11.3. The molecule has 3 rings (SSSR count). The summed E-state index contributed by atoms with van der Waals surface area (Å²) in [4.78, 5) is 23.1. The molecule has 0 saturated carbocycles. The average Bonchev–Trinajstić information content (AvgIpc) is 2.84. The number of unbranched alkanes of at least 4 members (excludes halogenated alkanes) is 1. The molecule has 7 heteroatoms. The molecular formula is C26H27NO6. The lowest BCUT2D eigenvalue weighted by atomic mass is 10.0. The summed E-state index contributed by atoms with van der Waals surface area (Å²) in [7, 11) is 1.32. The van der Waals surface area contributed by atoms with E-state index in [1.54, 1.807) is 12.1 Å². The average molecular weight is 450 g/mol. The van der Waals surface area contributed by atoms with Crippen LogP contribution in [0.2, 0.25) is 0 Å². The van der Waals surface area contributed by atoms with E-state index >= 15 is 0 Å². The van der Waals surface area contributed by atoms with Gasteiger partial charge in [-0.15, -0.1) is 0 Å². The summed E-state index contributed by atoms with van der Waals surface area (Å²) in [5, 5.41) is 10.8. The molecule has 1 unspecified atom stereocenters. The van der Waals surface area contributed by atoms with Gasteiger partial charge in [-0.25, -0.2) is 0 Å². The van der Waals surface area contributed by atoms with Crippen LogP contribution in [0.25, 0.3) is 11.1 Å².